The highest BCUT2D eigenvalue weighted by Crippen LogP contribution is 2.48. The molecule has 3 aliphatic rings. The first-order valence-corrected chi connectivity index (χ1v) is 13.1. The van der Waals surface area contributed by atoms with Crippen LogP contribution in [0.1, 0.15) is 30.9 Å². The van der Waals surface area contributed by atoms with Gasteiger partial charge in [-0.25, -0.2) is 9.78 Å². The highest BCUT2D eigenvalue weighted by atomic mass is 19.4. The van der Waals surface area contributed by atoms with Crippen molar-refractivity contribution in [1.29, 1.82) is 0 Å². The second kappa shape index (κ2) is 9.41. The minimum Gasteiger partial charge on any atom is -0.351 e. The molecule has 0 unspecified atom stereocenters. The first-order chi connectivity index (χ1) is 18.2. The fraction of sp³-hybridized carbons (Fsp3) is 0.464. The molecule has 1 saturated carbocycles. The van der Waals surface area contributed by atoms with Crippen LogP contribution in [0.25, 0.3) is 11.0 Å². The van der Waals surface area contributed by atoms with Gasteiger partial charge in [0, 0.05) is 51.4 Å². The average Bonchev–Trinajstić information content (AvgIpc) is 2.85. The van der Waals surface area contributed by atoms with Crippen LogP contribution < -0.4 is 10.2 Å². The molecule has 1 N–H and O–H groups in total. The molecule has 1 aromatic heterocycles. The smallest absolute Gasteiger partial charge is 0.351 e. The SMILES string of the molecule is C[C@@H]1CN(c2cnc3cc(C(F)(F)F)ccc3n2)CCN1C(=O)NC1CC2(C1)CN(Cc1ccccc1)C2. The molecular weight excluding hydrogens is 493 g/mol. The van der Waals surface area contributed by atoms with Crippen molar-refractivity contribution in [2.24, 2.45) is 5.41 Å². The average molecular weight is 525 g/mol. The van der Waals surface area contributed by atoms with Crippen LogP contribution in [0.15, 0.2) is 54.7 Å². The number of alkyl halides is 3. The lowest BCUT2D eigenvalue weighted by Crippen LogP contribution is -2.67. The maximum atomic E-state index is 13.0. The van der Waals surface area contributed by atoms with E-state index in [4.69, 9.17) is 0 Å². The number of fused-ring (bicyclic) bond motifs is 1. The normalized spacial score (nSPS) is 21.8. The van der Waals surface area contributed by atoms with Crippen molar-refractivity contribution in [3.63, 3.8) is 0 Å². The van der Waals surface area contributed by atoms with Crippen LogP contribution in [0, 0.1) is 5.41 Å². The first-order valence-electron chi connectivity index (χ1n) is 13.1. The number of nitrogens with zero attached hydrogens (tertiary/aromatic N) is 5. The summed E-state index contributed by atoms with van der Waals surface area (Å²) >= 11 is 0. The second-order valence-electron chi connectivity index (χ2n) is 11.1. The number of carbonyl (C=O) groups is 1. The van der Waals surface area contributed by atoms with E-state index >= 15 is 0 Å². The van der Waals surface area contributed by atoms with Gasteiger partial charge in [0.05, 0.1) is 22.8 Å². The van der Waals surface area contributed by atoms with Gasteiger partial charge in [0.2, 0.25) is 0 Å². The Hall–Kier alpha value is -3.40. The van der Waals surface area contributed by atoms with Gasteiger partial charge in [0.25, 0.3) is 0 Å². The molecule has 3 aromatic rings. The number of likely N-dealkylation sites (tertiary alicyclic amines) is 1. The van der Waals surface area contributed by atoms with E-state index in [1.165, 1.54) is 17.8 Å². The summed E-state index contributed by atoms with van der Waals surface area (Å²) in [5.41, 5.74) is 1.58. The Bertz CT molecular complexity index is 1320. The van der Waals surface area contributed by atoms with Crippen molar-refractivity contribution >= 4 is 22.9 Å². The zero-order valence-corrected chi connectivity index (χ0v) is 21.3. The minimum absolute atomic E-state index is 0.0262. The summed E-state index contributed by atoms with van der Waals surface area (Å²) in [5, 5.41) is 3.23. The number of halogens is 3. The number of benzene rings is 2. The summed E-state index contributed by atoms with van der Waals surface area (Å²) in [6.45, 7) is 6.88. The Morgan fingerprint density at radius 3 is 2.55 bits per heavy atom. The molecule has 10 heteroatoms. The summed E-state index contributed by atoms with van der Waals surface area (Å²) in [4.78, 5) is 28.2. The third kappa shape index (κ3) is 4.89. The topological polar surface area (TPSA) is 64.6 Å². The van der Waals surface area contributed by atoms with Gasteiger partial charge in [-0.1, -0.05) is 30.3 Å². The quantitative estimate of drug-likeness (QED) is 0.543. The van der Waals surface area contributed by atoms with Gasteiger partial charge in [0.1, 0.15) is 5.82 Å². The number of nitrogens with one attached hydrogen (secondary N) is 1. The van der Waals surface area contributed by atoms with E-state index in [-0.39, 0.29) is 23.6 Å². The molecule has 7 nitrogen and oxygen atoms in total. The fourth-order valence-corrected chi connectivity index (χ4v) is 6.26. The van der Waals surface area contributed by atoms with Crippen molar-refractivity contribution in [2.45, 2.75) is 44.6 Å². The number of amides is 2. The Balaban J connectivity index is 0.988. The zero-order chi connectivity index (χ0) is 26.5. The van der Waals surface area contributed by atoms with E-state index in [0.29, 0.717) is 36.4 Å². The van der Waals surface area contributed by atoms with Gasteiger partial charge in [-0.3, -0.25) is 9.88 Å². The fourth-order valence-electron chi connectivity index (χ4n) is 6.26. The summed E-state index contributed by atoms with van der Waals surface area (Å²) < 4.78 is 39.0. The first kappa shape index (κ1) is 24.9. The van der Waals surface area contributed by atoms with Crippen LogP contribution in [0.5, 0.6) is 0 Å². The Morgan fingerprint density at radius 2 is 1.84 bits per heavy atom. The molecule has 2 aromatic carbocycles. The molecule has 0 radical (unpaired) electrons. The van der Waals surface area contributed by atoms with Gasteiger partial charge in [0.15, 0.2) is 0 Å². The van der Waals surface area contributed by atoms with E-state index in [2.05, 4.69) is 44.5 Å². The van der Waals surface area contributed by atoms with E-state index in [0.717, 1.165) is 44.6 Å². The van der Waals surface area contributed by atoms with E-state index in [1.54, 1.807) is 0 Å². The number of aromatic nitrogens is 2. The number of hydrogen-bond acceptors (Lipinski definition) is 5. The number of urea groups is 1. The van der Waals surface area contributed by atoms with Crippen LogP contribution >= 0.6 is 0 Å². The van der Waals surface area contributed by atoms with Crippen LogP contribution in [0.3, 0.4) is 0 Å². The minimum atomic E-state index is -4.42. The predicted octanol–water partition coefficient (Wildman–Crippen LogP) is 4.53. The molecule has 3 heterocycles. The molecule has 38 heavy (non-hydrogen) atoms. The lowest BCUT2D eigenvalue weighted by atomic mass is 9.60. The molecule has 2 amide bonds. The maximum Gasteiger partial charge on any atom is 0.416 e. The molecular formula is C28H31F3N6O. The Labute approximate surface area is 219 Å². The van der Waals surface area contributed by atoms with Crippen molar-refractivity contribution in [3.05, 3.63) is 65.9 Å². The van der Waals surface area contributed by atoms with Crippen molar-refractivity contribution in [3.8, 4) is 0 Å². The van der Waals surface area contributed by atoms with Crippen molar-refractivity contribution in [1.82, 2.24) is 25.1 Å². The summed E-state index contributed by atoms with van der Waals surface area (Å²) in [5.74, 6) is 0.607. The van der Waals surface area contributed by atoms with Gasteiger partial charge in [-0.05, 0) is 48.9 Å². The number of hydrogen-bond donors (Lipinski definition) is 1. The Kier molecular flexibility index (Phi) is 6.17. The highest BCUT2D eigenvalue weighted by molar-refractivity contribution is 5.77. The molecule has 6 rings (SSSR count). The molecule has 1 aliphatic carbocycles. The standard InChI is InChI=1S/C28H31F3N6O/c1-19-15-36(25-14-32-24-11-21(28(29,30)31)7-8-23(24)34-25)9-10-37(19)26(38)33-22-12-27(13-22)17-35(18-27)16-20-5-3-2-4-6-20/h2-8,11,14,19,22H,9-10,12-13,15-18H2,1H3,(H,33,38)/t19-/m1/s1. The summed E-state index contributed by atoms with van der Waals surface area (Å²) in [7, 11) is 0. The lowest BCUT2D eigenvalue weighted by molar-refractivity contribution is -0.137. The van der Waals surface area contributed by atoms with Crippen molar-refractivity contribution < 1.29 is 18.0 Å². The monoisotopic (exact) mass is 524 g/mol. The molecule has 200 valence electrons. The van der Waals surface area contributed by atoms with Gasteiger partial charge < -0.3 is 15.1 Å². The number of anilines is 1. The van der Waals surface area contributed by atoms with Gasteiger partial charge >= 0.3 is 12.2 Å². The van der Waals surface area contributed by atoms with E-state index in [1.807, 2.05) is 22.8 Å². The summed E-state index contributed by atoms with van der Waals surface area (Å²) in [6, 6.07) is 14.1. The van der Waals surface area contributed by atoms with Gasteiger partial charge in [-0.15, -0.1) is 0 Å². The maximum absolute atomic E-state index is 13.0. The molecule has 1 atom stereocenters. The van der Waals surface area contributed by atoms with Crippen LogP contribution in [-0.2, 0) is 12.7 Å². The molecule has 2 aliphatic heterocycles. The van der Waals surface area contributed by atoms with Crippen LogP contribution in [-0.4, -0.2) is 70.6 Å². The van der Waals surface area contributed by atoms with E-state index in [9.17, 15) is 18.0 Å². The molecule has 3 fully saturated rings. The number of piperazine rings is 1. The molecule has 1 spiro atoms. The highest BCUT2D eigenvalue weighted by Gasteiger charge is 2.52. The van der Waals surface area contributed by atoms with E-state index < -0.39 is 11.7 Å². The lowest BCUT2D eigenvalue weighted by Gasteiger charge is -2.59. The second-order valence-corrected chi connectivity index (χ2v) is 11.1. The zero-order valence-electron chi connectivity index (χ0n) is 21.3. The predicted molar refractivity (Wildman–Crippen MR) is 139 cm³/mol. The third-order valence-corrected chi connectivity index (χ3v) is 8.12. The van der Waals surface area contributed by atoms with Crippen LogP contribution in [0.2, 0.25) is 0 Å². The van der Waals surface area contributed by atoms with Crippen LogP contribution in [0.4, 0.5) is 23.8 Å². The summed E-state index contributed by atoms with van der Waals surface area (Å²) in [6.07, 6.45) is -0.845. The molecule has 2 saturated heterocycles. The van der Waals surface area contributed by atoms with Gasteiger partial charge in [-0.2, -0.15) is 13.2 Å². The molecule has 0 bridgehead atoms. The third-order valence-electron chi connectivity index (χ3n) is 8.12. The van der Waals surface area contributed by atoms with Crippen molar-refractivity contribution in [2.75, 3.05) is 37.6 Å². The number of carbonyl (C=O) groups excluding carboxylic acids is 1. The largest absolute Gasteiger partial charge is 0.416 e. The Morgan fingerprint density at radius 1 is 1.08 bits per heavy atom. The number of rotatable bonds is 4.